The van der Waals surface area contributed by atoms with E-state index >= 15 is 0 Å². The number of hydrogen-bond donors (Lipinski definition) is 3. The van der Waals surface area contributed by atoms with E-state index in [2.05, 4.69) is 15.6 Å². The average molecular weight is 394 g/mol. The van der Waals surface area contributed by atoms with Crippen LogP contribution in [-0.4, -0.2) is 22.7 Å². The van der Waals surface area contributed by atoms with Crippen molar-refractivity contribution >= 4 is 39.9 Å². The van der Waals surface area contributed by atoms with Gasteiger partial charge in [0.1, 0.15) is 0 Å². The van der Waals surface area contributed by atoms with Crippen molar-refractivity contribution in [2.45, 2.75) is 12.8 Å². The van der Waals surface area contributed by atoms with Crippen molar-refractivity contribution in [3.05, 3.63) is 76.8 Å². The molecule has 1 aromatic heterocycles. The Morgan fingerprint density at radius 2 is 1.64 bits per heavy atom. The minimum atomic E-state index is -0.517. The average Bonchev–Trinajstić information content (AvgIpc) is 3.15. The van der Waals surface area contributed by atoms with E-state index in [0.717, 1.165) is 5.69 Å². The van der Waals surface area contributed by atoms with Crippen LogP contribution in [-0.2, 0) is 11.2 Å². The molecule has 142 valence electrons. The van der Waals surface area contributed by atoms with E-state index in [1.165, 1.54) is 11.3 Å². The highest BCUT2D eigenvalue weighted by molar-refractivity contribution is 7.14. The lowest BCUT2D eigenvalue weighted by molar-refractivity contribution is -0.116. The van der Waals surface area contributed by atoms with Gasteiger partial charge in [-0.2, -0.15) is 0 Å². The number of hydrogen-bond acceptors (Lipinski definition) is 5. The molecule has 0 saturated carbocycles. The molecule has 0 fully saturated rings. The molecule has 0 aliphatic heterocycles. The fourth-order valence-electron chi connectivity index (χ4n) is 2.42. The number of amides is 3. The van der Waals surface area contributed by atoms with Gasteiger partial charge in [-0.3, -0.25) is 19.7 Å². The van der Waals surface area contributed by atoms with Crippen LogP contribution in [0.3, 0.4) is 0 Å². The largest absolute Gasteiger partial charge is 0.366 e. The molecular weight excluding hydrogens is 376 g/mol. The molecule has 3 aromatic rings. The monoisotopic (exact) mass is 394 g/mol. The Hall–Kier alpha value is -3.52. The molecule has 3 rings (SSSR count). The number of thiazole rings is 1. The lowest BCUT2D eigenvalue weighted by Gasteiger charge is -2.05. The van der Waals surface area contributed by atoms with Gasteiger partial charge in [-0.15, -0.1) is 11.3 Å². The first-order valence-corrected chi connectivity index (χ1v) is 9.40. The highest BCUT2D eigenvalue weighted by Gasteiger charge is 2.10. The Morgan fingerprint density at radius 3 is 2.32 bits per heavy atom. The summed E-state index contributed by atoms with van der Waals surface area (Å²) in [6.07, 6.45) is 0.691. The highest BCUT2D eigenvalue weighted by atomic mass is 32.1. The first-order valence-electron chi connectivity index (χ1n) is 8.52. The first kappa shape index (κ1) is 19.2. The number of primary amides is 1. The van der Waals surface area contributed by atoms with E-state index in [9.17, 15) is 14.4 Å². The Balaban J connectivity index is 1.49. The van der Waals surface area contributed by atoms with Crippen LogP contribution in [0.15, 0.2) is 60.0 Å². The third-order valence-corrected chi connectivity index (χ3v) is 4.68. The van der Waals surface area contributed by atoms with E-state index < -0.39 is 5.91 Å². The quantitative estimate of drug-likeness (QED) is 0.571. The molecule has 7 nitrogen and oxygen atoms in total. The van der Waals surface area contributed by atoms with E-state index in [-0.39, 0.29) is 18.2 Å². The number of carbonyl (C=O) groups excluding carboxylic acids is 3. The fourth-order valence-corrected chi connectivity index (χ4v) is 3.16. The summed E-state index contributed by atoms with van der Waals surface area (Å²) in [5.41, 5.74) is 7.44. The van der Waals surface area contributed by atoms with Crippen LogP contribution in [0.2, 0.25) is 0 Å². The van der Waals surface area contributed by atoms with Gasteiger partial charge in [0.15, 0.2) is 5.13 Å². The van der Waals surface area contributed by atoms with Gasteiger partial charge >= 0.3 is 0 Å². The second-order valence-electron chi connectivity index (χ2n) is 5.95. The Morgan fingerprint density at radius 1 is 0.929 bits per heavy atom. The van der Waals surface area contributed by atoms with Crippen molar-refractivity contribution in [3.8, 4) is 0 Å². The van der Waals surface area contributed by atoms with Gasteiger partial charge in [0.2, 0.25) is 11.8 Å². The predicted octanol–water partition coefficient (Wildman–Crippen LogP) is 3.07. The maximum Gasteiger partial charge on any atom is 0.257 e. The first-order chi connectivity index (χ1) is 13.5. The van der Waals surface area contributed by atoms with E-state index in [1.807, 2.05) is 11.4 Å². The Bertz CT molecular complexity index is 984. The van der Waals surface area contributed by atoms with Gasteiger partial charge in [0.05, 0.1) is 5.69 Å². The summed E-state index contributed by atoms with van der Waals surface area (Å²) in [4.78, 5) is 39.6. The smallest absolute Gasteiger partial charge is 0.257 e. The molecule has 0 bridgehead atoms. The summed E-state index contributed by atoms with van der Waals surface area (Å²) in [5, 5.41) is 7.81. The third-order valence-electron chi connectivity index (χ3n) is 3.87. The summed E-state index contributed by atoms with van der Waals surface area (Å²) >= 11 is 1.31. The zero-order valence-corrected chi connectivity index (χ0v) is 15.7. The summed E-state index contributed by atoms with van der Waals surface area (Å²) in [5.74, 6) is -0.912. The second kappa shape index (κ2) is 8.92. The summed E-state index contributed by atoms with van der Waals surface area (Å²) in [7, 11) is 0. The van der Waals surface area contributed by atoms with Crippen molar-refractivity contribution in [3.63, 3.8) is 0 Å². The van der Waals surface area contributed by atoms with Gasteiger partial charge < -0.3 is 11.1 Å². The number of nitrogens with one attached hydrogen (secondary N) is 2. The van der Waals surface area contributed by atoms with E-state index in [1.54, 1.807) is 48.5 Å². The molecule has 3 amide bonds. The van der Waals surface area contributed by atoms with Crippen LogP contribution in [0.5, 0.6) is 0 Å². The van der Waals surface area contributed by atoms with Gasteiger partial charge in [-0.05, 0) is 42.8 Å². The number of nitrogens with two attached hydrogens (primary N) is 1. The Labute approximate surface area is 165 Å². The maximum absolute atomic E-state index is 12.1. The van der Waals surface area contributed by atoms with Crippen LogP contribution >= 0.6 is 11.3 Å². The number of aromatic nitrogens is 1. The number of anilines is 2. The lowest BCUT2D eigenvalue weighted by Crippen LogP contribution is -2.14. The molecule has 4 N–H and O–H groups in total. The molecule has 0 radical (unpaired) electrons. The van der Waals surface area contributed by atoms with Gasteiger partial charge in [-0.1, -0.05) is 18.2 Å². The molecule has 0 aliphatic rings. The van der Waals surface area contributed by atoms with Crippen molar-refractivity contribution in [2.75, 3.05) is 10.6 Å². The minimum absolute atomic E-state index is 0.172. The van der Waals surface area contributed by atoms with Gasteiger partial charge in [0, 0.05) is 28.6 Å². The topological polar surface area (TPSA) is 114 Å². The fraction of sp³-hybridized carbons (Fsp3) is 0.100. The number of nitrogens with zero attached hydrogens (tertiary/aromatic N) is 1. The van der Waals surface area contributed by atoms with Crippen molar-refractivity contribution in [1.82, 2.24) is 4.98 Å². The maximum atomic E-state index is 12.1. The van der Waals surface area contributed by atoms with Crippen LogP contribution in [0, 0.1) is 0 Å². The SMILES string of the molecule is NC(=O)c1ccc(NC(=O)CCc2csc(NC(=O)c3ccccc3)n2)cc1. The molecule has 28 heavy (non-hydrogen) atoms. The molecule has 0 saturated heterocycles. The molecule has 0 unspecified atom stereocenters. The molecule has 0 spiro atoms. The number of carbonyl (C=O) groups is 3. The lowest BCUT2D eigenvalue weighted by atomic mass is 10.2. The number of rotatable bonds is 7. The van der Waals surface area contributed by atoms with E-state index in [0.29, 0.717) is 28.4 Å². The minimum Gasteiger partial charge on any atom is -0.366 e. The van der Waals surface area contributed by atoms with Gasteiger partial charge in [-0.25, -0.2) is 4.98 Å². The van der Waals surface area contributed by atoms with Crippen LogP contribution in [0.4, 0.5) is 10.8 Å². The Kier molecular flexibility index (Phi) is 6.13. The molecule has 8 heteroatoms. The van der Waals surface area contributed by atoms with Crippen LogP contribution in [0.25, 0.3) is 0 Å². The molecule has 0 atom stereocenters. The standard InChI is InChI=1S/C20H18N4O3S/c21-18(26)13-6-8-15(9-7-13)22-17(25)11-10-16-12-28-20(23-16)24-19(27)14-4-2-1-3-5-14/h1-9,12H,10-11H2,(H2,21,26)(H,22,25)(H,23,24,27). The summed E-state index contributed by atoms with van der Waals surface area (Å²) in [6.45, 7) is 0. The molecular formula is C20H18N4O3S. The molecule has 2 aromatic carbocycles. The zero-order chi connectivity index (χ0) is 19.9. The van der Waals surface area contributed by atoms with Crippen LogP contribution < -0.4 is 16.4 Å². The highest BCUT2D eigenvalue weighted by Crippen LogP contribution is 2.18. The van der Waals surface area contributed by atoms with Crippen molar-refractivity contribution < 1.29 is 14.4 Å². The number of aryl methyl sites for hydroxylation is 1. The number of benzene rings is 2. The molecule has 1 heterocycles. The van der Waals surface area contributed by atoms with Crippen molar-refractivity contribution in [1.29, 1.82) is 0 Å². The second-order valence-corrected chi connectivity index (χ2v) is 6.81. The van der Waals surface area contributed by atoms with Crippen LogP contribution in [0.1, 0.15) is 32.8 Å². The zero-order valence-electron chi connectivity index (χ0n) is 14.8. The van der Waals surface area contributed by atoms with Crippen molar-refractivity contribution in [2.24, 2.45) is 5.73 Å². The van der Waals surface area contributed by atoms with Gasteiger partial charge in [0.25, 0.3) is 5.91 Å². The third kappa shape index (κ3) is 5.24. The van der Waals surface area contributed by atoms with E-state index in [4.69, 9.17) is 5.73 Å². The normalized spacial score (nSPS) is 10.3. The summed E-state index contributed by atoms with van der Waals surface area (Å²) < 4.78 is 0. The molecule has 0 aliphatic carbocycles. The predicted molar refractivity (Wildman–Crippen MR) is 108 cm³/mol. The summed E-state index contributed by atoms with van der Waals surface area (Å²) in [6, 6.07) is 15.2.